The van der Waals surface area contributed by atoms with Gasteiger partial charge in [0, 0.05) is 33.7 Å². The van der Waals surface area contributed by atoms with E-state index < -0.39 is 5.79 Å². The third kappa shape index (κ3) is 1.59. The first-order valence-corrected chi connectivity index (χ1v) is 13.7. The molecule has 0 aliphatic carbocycles. The first kappa shape index (κ1) is 18.7. The van der Waals surface area contributed by atoms with Crippen molar-refractivity contribution in [3.63, 3.8) is 0 Å². The van der Waals surface area contributed by atoms with Gasteiger partial charge in [-0.25, -0.2) is 0 Å². The highest BCUT2D eigenvalue weighted by Crippen LogP contribution is 2.50. The molecule has 6 nitrogen and oxygen atoms in total. The number of fused-ring (bicyclic) bond motifs is 7. The number of hydrogen-bond donors (Lipinski definition) is 0. The van der Waals surface area contributed by atoms with Gasteiger partial charge in [0.25, 0.3) is 11.7 Å². The largest absolute Gasteiger partial charge is 0.442 e. The summed E-state index contributed by atoms with van der Waals surface area (Å²) in [5.74, 6) is 2.11. The average molecular weight is 513 g/mol. The quantitative estimate of drug-likeness (QED) is 0.254. The van der Waals surface area contributed by atoms with Crippen LogP contribution in [0.15, 0.2) is 109 Å². The van der Waals surface area contributed by atoms with Crippen LogP contribution in [0.2, 0.25) is 0 Å². The fraction of sp³-hybridized carbons (Fsp3) is 0.0294. The summed E-state index contributed by atoms with van der Waals surface area (Å²) in [5, 5.41) is 7.55. The van der Waals surface area contributed by atoms with Gasteiger partial charge in [0.15, 0.2) is 16.8 Å². The van der Waals surface area contributed by atoms with Crippen molar-refractivity contribution in [1.82, 2.24) is 8.97 Å². The summed E-state index contributed by atoms with van der Waals surface area (Å²) in [6.45, 7) is 0. The minimum absolute atomic E-state index is 0.741. The molecule has 12 rings (SSSR count). The molecule has 1 spiro atoms. The molecule has 6 aromatic heterocycles. The number of ether oxygens (including phenoxy) is 1. The van der Waals surface area contributed by atoms with Crippen molar-refractivity contribution in [1.29, 1.82) is 0 Å². The Kier molecular flexibility index (Phi) is 2.62. The van der Waals surface area contributed by atoms with Gasteiger partial charge in [-0.2, -0.15) is 8.97 Å². The van der Waals surface area contributed by atoms with E-state index in [0.717, 1.165) is 23.1 Å². The minimum Gasteiger partial charge on any atom is -0.422 e. The van der Waals surface area contributed by atoms with Crippen LogP contribution < -0.4 is 18.4 Å². The lowest BCUT2D eigenvalue weighted by Gasteiger charge is -2.37. The second-order valence-electron chi connectivity index (χ2n) is 11.3. The molecular weight excluding hydrogens is 494 g/mol. The molecule has 6 heteroatoms. The fourth-order valence-electron chi connectivity index (χ4n) is 8.42. The molecule has 0 bridgehead atoms. The monoisotopic (exact) mass is 512 g/mol. The Bertz CT molecular complexity index is 2700. The zero-order chi connectivity index (χ0) is 25.5. The van der Waals surface area contributed by atoms with Crippen LogP contribution in [0.25, 0.3) is 66.0 Å². The Balaban J connectivity index is 1.48. The molecule has 1 unspecified atom stereocenters. The van der Waals surface area contributed by atoms with E-state index in [0.29, 0.717) is 0 Å². The molecule has 9 heterocycles. The van der Waals surface area contributed by atoms with Crippen molar-refractivity contribution < 1.29 is 18.4 Å². The van der Waals surface area contributed by atoms with Crippen molar-refractivity contribution in [2.45, 2.75) is 5.79 Å². The van der Waals surface area contributed by atoms with Gasteiger partial charge >= 0.3 is 17.1 Å². The average Bonchev–Trinajstić information content (AvgIpc) is 3.65. The summed E-state index contributed by atoms with van der Waals surface area (Å²) >= 11 is 0. The van der Waals surface area contributed by atoms with Gasteiger partial charge in [0.2, 0.25) is 0 Å². The molecule has 3 aromatic carbocycles. The molecule has 0 fully saturated rings. The molecule has 182 valence electrons. The predicted octanol–water partition coefficient (Wildman–Crippen LogP) is 5.28. The number of benzene rings is 3. The van der Waals surface area contributed by atoms with Crippen LogP contribution in [-0.4, -0.2) is 8.97 Å². The van der Waals surface area contributed by atoms with Crippen LogP contribution in [0, 0.1) is 0 Å². The maximum Gasteiger partial charge on any atom is 0.442 e. The zero-order valence-electron chi connectivity index (χ0n) is 21.0. The number of para-hydroxylation sites is 2. The Morgan fingerprint density at radius 2 is 1.32 bits per heavy atom. The van der Waals surface area contributed by atoms with Crippen molar-refractivity contribution in [3.8, 4) is 17.4 Å². The van der Waals surface area contributed by atoms with E-state index >= 15 is 0 Å². The van der Waals surface area contributed by atoms with Gasteiger partial charge in [-0.3, -0.25) is 0 Å². The Labute approximate surface area is 225 Å². The van der Waals surface area contributed by atoms with E-state index in [1.165, 1.54) is 60.1 Å². The molecule has 0 N–H and O–H groups in total. The van der Waals surface area contributed by atoms with Crippen LogP contribution in [0.4, 0.5) is 0 Å². The SMILES string of the molecule is c1cc[n+]2c(c1)-n1c3ccccc3c3ccc4[n+](c31)C21c2c(ccc3c5cccc6c7ccc[n+]1c7n(c23)c56)O4. The van der Waals surface area contributed by atoms with Crippen LogP contribution >= 0.6 is 0 Å². The van der Waals surface area contributed by atoms with Crippen LogP contribution in [0.3, 0.4) is 0 Å². The molecule has 0 radical (unpaired) electrons. The van der Waals surface area contributed by atoms with Crippen LogP contribution in [0.5, 0.6) is 11.6 Å². The van der Waals surface area contributed by atoms with E-state index in [4.69, 9.17) is 4.74 Å². The number of rotatable bonds is 0. The summed E-state index contributed by atoms with van der Waals surface area (Å²) in [7, 11) is 0. The van der Waals surface area contributed by atoms with Gasteiger partial charge in [-0.05, 0) is 60.7 Å². The maximum atomic E-state index is 6.85. The summed E-state index contributed by atoms with van der Waals surface area (Å²) in [4.78, 5) is 0. The summed E-state index contributed by atoms with van der Waals surface area (Å²) in [6, 6.07) is 35.2. The second kappa shape index (κ2) is 5.60. The summed E-state index contributed by atoms with van der Waals surface area (Å²) < 4.78 is 19.1. The molecule has 0 saturated heterocycles. The van der Waals surface area contributed by atoms with E-state index in [-0.39, 0.29) is 0 Å². The van der Waals surface area contributed by atoms with E-state index in [9.17, 15) is 0 Å². The van der Waals surface area contributed by atoms with Crippen molar-refractivity contribution in [2.75, 3.05) is 0 Å². The molecule has 3 aliphatic heterocycles. The summed E-state index contributed by atoms with van der Waals surface area (Å²) in [6.07, 6.45) is 4.49. The highest BCUT2D eigenvalue weighted by Gasteiger charge is 2.67. The summed E-state index contributed by atoms with van der Waals surface area (Å²) in [5.41, 5.74) is 7.22. The van der Waals surface area contributed by atoms with Gasteiger partial charge in [0.1, 0.15) is 23.4 Å². The molecule has 9 aromatic rings. The minimum atomic E-state index is -0.741. The van der Waals surface area contributed by atoms with Crippen molar-refractivity contribution in [2.24, 2.45) is 0 Å². The smallest absolute Gasteiger partial charge is 0.422 e. The maximum absolute atomic E-state index is 6.85. The molecular formula is C34H18N5O+3. The highest BCUT2D eigenvalue weighted by molar-refractivity contribution is 6.23. The Hall–Kier alpha value is -5.49. The Morgan fingerprint density at radius 1 is 0.575 bits per heavy atom. The fourth-order valence-corrected chi connectivity index (χ4v) is 8.42. The highest BCUT2D eigenvalue weighted by atomic mass is 16.5. The third-order valence-electron chi connectivity index (χ3n) is 9.70. The van der Waals surface area contributed by atoms with Gasteiger partial charge in [0.05, 0.1) is 10.8 Å². The van der Waals surface area contributed by atoms with Gasteiger partial charge < -0.3 is 4.74 Å². The lowest BCUT2D eigenvalue weighted by atomic mass is 9.95. The zero-order valence-corrected chi connectivity index (χ0v) is 21.0. The van der Waals surface area contributed by atoms with Crippen molar-refractivity contribution in [3.05, 3.63) is 115 Å². The molecule has 3 aliphatic rings. The van der Waals surface area contributed by atoms with Gasteiger partial charge in [-0.15, -0.1) is 13.7 Å². The molecule has 40 heavy (non-hydrogen) atoms. The van der Waals surface area contributed by atoms with E-state index in [1.54, 1.807) is 0 Å². The van der Waals surface area contributed by atoms with E-state index in [1.807, 2.05) is 0 Å². The van der Waals surface area contributed by atoms with Gasteiger partial charge in [-0.1, -0.05) is 24.3 Å². The number of aromatic nitrogens is 5. The van der Waals surface area contributed by atoms with Crippen LogP contribution in [0.1, 0.15) is 5.56 Å². The van der Waals surface area contributed by atoms with Crippen LogP contribution in [-0.2, 0) is 5.79 Å². The lowest BCUT2D eigenvalue weighted by molar-refractivity contribution is -1.15. The third-order valence-corrected chi connectivity index (χ3v) is 9.70. The number of pyridine rings is 3. The topological polar surface area (TPSA) is 30.2 Å². The number of nitrogens with zero attached hydrogens (tertiary/aromatic N) is 5. The predicted molar refractivity (Wildman–Crippen MR) is 150 cm³/mol. The molecule has 1 atom stereocenters. The van der Waals surface area contributed by atoms with E-state index in [2.05, 4.69) is 132 Å². The normalized spacial score (nSPS) is 17.8. The number of hydrogen-bond acceptors (Lipinski definition) is 1. The lowest BCUT2D eigenvalue weighted by Crippen LogP contribution is -2.90. The molecule has 0 saturated carbocycles. The second-order valence-corrected chi connectivity index (χ2v) is 11.3. The standard InChI is InChI=1S/C34H18N5O/c1-2-11-25-19(7-1)24-14-16-28-39-33(24)37(25)27-12-3-4-17-35(27)34(39)29-26(40-28)15-13-22-20-8-5-9-21-23-10-6-18-36(34)32(23)38(30(20)21)31(22)29/h1-18H/q+3. The van der Waals surface area contributed by atoms with Crippen molar-refractivity contribution >= 4 is 60.2 Å². The Morgan fingerprint density at radius 3 is 2.30 bits per heavy atom. The molecule has 0 amide bonds. The first-order valence-electron chi connectivity index (χ1n) is 13.7. The first-order chi connectivity index (χ1) is 19.9.